The lowest BCUT2D eigenvalue weighted by molar-refractivity contribution is 0.122. The third-order valence-corrected chi connectivity index (χ3v) is 5.65. The molecule has 1 aliphatic carbocycles. The maximum atomic E-state index is 11.1. The number of hydrogen-bond acceptors (Lipinski definition) is 4. The van der Waals surface area contributed by atoms with Crippen molar-refractivity contribution in [3.63, 3.8) is 0 Å². The summed E-state index contributed by atoms with van der Waals surface area (Å²) in [7, 11) is 3.36. The van der Waals surface area contributed by atoms with Crippen LogP contribution in [-0.2, 0) is 6.54 Å². The van der Waals surface area contributed by atoms with Gasteiger partial charge in [0.2, 0.25) is 0 Å². The van der Waals surface area contributed by atoms with Crippen LogP contribution < -0.4 is 10.1 Å². The van der Waals surface area contributed by atoms with Crippen LogP contribution >= 0.6 is 0 Å². The van der Waals surface area contributed by atoms with Crippen LogP contribution in [0.4, 0.5) is 4.79 Å². The van der Waals surface area contributed by atoms with Crippen LogP contribution in [0.25, 0.3) is 11.1 Å². The maximum Gasteiger partial charge on any atom is 0.407 e. The molecule has 0 spiro atoms. The van der Waals surface area contributed by atoms with Crippen LogP contribution in [0.5, 0.6) is 5.75 Å². The second kappa shape index (κ2) is 9.06. The quantitative estimate of drug-likeness (QED) is 0.786. The largest absolute Gasteiger partial charge is 0.496 e. The lowest BCUT2D eigenvalue weighted by Gasteiger charge is -2.33. The summed E-state index contributed by atoms with van der Waals surface area (Å²) in [6.45, 7) is 2.70. The number of hydrogen-bond donors (Lipinski definition) is 2. The molecule has 28 heavy (non-hydrogen) atoms. The summed E-state index contributed by atoms with van der Waals surface area (Å²) in [5, 5.41) is 12.8. The number of carbonyl (C=O) groups is 1. The normalized spacial score (nSPS) is 19.2. The number of pyridine rings is 1. The summed E-state index contributed by atoms with van der Waals surface area (Å²) >= 11 is 0. The van der Waals surface area contributed by atoms with Crippen LogP contribution in [0.15, 0.2) is 36.5 Å². The zero-order valence-corrected chi connectivity index (χ0v) is 16.8. The van der Waals surface area contributed by atoms with Crippen molar-refractivity contribution in [2.45, 2.75) is 51.2 Å². The molecule has 1 heterocycles. The topological polar surface area (TPSA) is 74.7 Å². The van der Waals surface area contributed by atoms with E-state index in [0.717, 1.165) is 60.4 Å². The Morgan fingerprint density at radius 1 is 1.21 bits per heavy atom. The molecule has 0 radical (unpaired) electrons. The Kier molecular flexibility index (Phi) is 6.52. The molecule has 0 saturated heterocycles. The second-order valence-corrected chi connectivity index (χ2v) is 7.49. The van der Waals surface area contributed by atoms with Crippen LogP contribution in [-0.4, -0.2) is 47.3 Å². The van der Waals surface area contributed by atoms with Gasteiger partial charge >= 0.3 is 6.09 Å². The molecule has 1 fully saturated rings. The van der Waals surface area contributed by atoms with Gasteiger partial charge in [0.05, 0.1) is 7.11 Å². The number of aryl methyl sites for hydroxylation is 1. The molecule has 6 nitrogen and oxygen atoms in total. The Morgan fingerprint density at radius 2 is 1.93 bits per heavy atom. The average Bonchev–Trinajstić information content (AvgIpc) is 2.72. The molecular weight excluding hydrogens is 354 g/mol. The van der Waals surface area contributed by atoms with Gasteiger partial charge in [-0.15, -0.1) is 0 Å². The van der Waals surface area contributed by atoms with Gasteiger partial charge in [-0.1, -0.05) is 12.1 Å². The number of carboxylic acid groups (broad SMARTS) is 1. The van der Waals surface area contributed by atoms with Crippen molar-refractivity contribution in [3.05, 3.63) is 47.8 Å². The van der Waals surface area contributed by atoms with E-state index in [-0.39, 0.29) is 6.04 Å². The van der Waals surface area contributed by atoms with Gasteiger partial charge in [-0.25, -0.2) is 4.79 Å². The summed E-state index contributed by atoms with van der Waals surface area (Å²) in [5.41, 5.74) is 4.33. The van der Waals surface area contributed by atoms with Crippen molar-refractivity contribution in [2.75, 3.05) is 14.2 Å². The monoisotopic (exact) mass is 383 g/mol. The Bertz CT molecular complexity index is 799. The van der Waals surface area contributed by atoms with Gasteiger partial charge < -0.3 is 20.1 Å². The Labute approximate surface area is 166 Å². The number of rotatable bonds is 6. The zero-order chi connectivity index (χ0) is 20.1. The molecule has 0 bridgehead atoms. The van der Waals surface area contributed by atoms with E-state index < -0.39 is 6.09 Å². The van der Waals surface area contributed by atoms with E-state index in [2.05, 4.69) is 28.5 Å². The molecule has 0 atom stereocenters. The molecule has 1 aromatic carbocycles. The minimum absolute atomic E-state index is 0.127. The predicted molar refractivity (Wildman–Crippen MR) is 110 cm³/mol. The highest BCUT2D eigenvalue weighted by Crippen LogP contribution is 2.28. The first-order valence-corrected chi connectivity index (χ1v) is 9.77. The van der Waals surface area contributed by atoms with Gasteiger partial charge in [-0.3, -0.25) is 4.98 Å². The number of nitrogens with one attached hydrogen (secondary N) is 1. The van der Waals surface area contributed by atoms with E-state index in [9.17, 15) is 4.79 Å². The highest BCUT2D eigenvalue weighted by atomic mass is 16.5. The van der Waals surface area contributed by atoms with Crippen LogP contribution in [0, 0.1) is 6.92 Å². The van der Waals surface area contributed by atoms with E-state index in [1.54, 1.807) is 14.2 Å². The molecule has 1 saturated carbocycles. The van der Waals surface area contributed by atoms with E-state index >= 15 is 0 Å². The van der Waals surface area contributed by atoms with Gasteiger partial charge in [-0.05, 0) is 56.4 Å². The zero-order valence-electron chi connectivity index (χ0n) is 16.8. The number of nitrogens with zero attached hydrogens (tertiary/aromatic N) is 2. The van der Waals surface area contributed by atoms with Gasteiger partial charge in [0, 0.05) is 48.7 Å². The Balaban J connectivity index is 1.63. The van der Waals surface area contributed by atoms with Crippen molar-refractivity contribution in [1.29, 1.82) is 0 Å². The molecule has 0 unspecified atom stereocenters. The standard InChI is InChI=1S/C22H29N3O3/c1-15-4-5-17(13-23-15)16-6-11-21(28-3)18(12-16)14-24-19-7-9-20(10-8-19)25(2)22(26)27/h4-6,11-13,19-20,24H,7-10,14H2,1-3H3,(H,26,27). The number of ether oxygens (including phenoxy) is 1. The lowest BCUT2D eigenvalue weighted by Crippen LogP contribution is -2.42. The summed E-state index contributed by atoms with van der Waals surface area (Å²) in [6.07, 6.45) is 4.80. The molecule has 3 rings (SSSR count). The Morgan fingerprint density at radius 3 is 2.54 bits per heavy atom. The summed E-state index contributed by atoms with van der Waals surface area (Å²) < 4.78 is 5.54. The number of benzene rings is 1. The first-order valence-electron chi connectivity index (χ1n) is 9.77. The molecular formula is C22H29N3O3. The Hall–Kier alpha value is -2.60. The minimum Gasteiger partial charge on any atom is -0.496 e. The first-order chi connectivity index (χ1) is 13.5. The smallest absolute Gasteiger partial charge is 0.407 e. The number of amides is 1. The SMILES string of the molecule is COc1ccc(-c2ccc(C)nc2)cc1CNC1CCC(N(C)C(=O)O)CC1. The third kappa shape index (κ3) is 4.81. The number of aromatic nitrogens is 1. The van der Waals surface area contributed by atoms with E-state index in [1.807, 2.05) is 25.3 Å². The van der Waals surface area contributed by atoms with Crippen molar-refractivity contribution >= 4 is 6.09 Å². The molecule has 150 valence electrons. The highest BCUT2D eigenvalue weighted by molar-refractivity contribution is 5.65. The molecule has 1 amide bonds. The summed E-state index contributed by atoms with van der Waals surface area (Å²) in [6, 6.07) is 10.8. The average molecular weight is 383 g/mol. The molecule has 0 aliphatic heterocycles. The predicted octanol–water partition coefficient (Wildman–Crippen LogP) is 4.08. The summed E-state index contributed by atoms with van der Waals surface area (Å²) in [4.78, 5) is 17.0. The molecule has 2 aromatic rings. The van der Waals surface area contributed by atoms with Gasteiger partial charge in [-0.2, -0.15) is 0 Å². The highest BCUT2D eigenvalue weighted by Gasteiger charge is 2.26. The van der Waals surface area contributed by atoms with E-state index in [0.29, 0.717) is 6.04 Å². The van der Waals surface area contributed by atoms with Crippen molar-refractivity contribution in [2.24, 2.45) is 0 Å². The van der Waals surface area contributed by atoms with Gasteiger partial charge in [0.25, 0.3) is 0 Å². The van der Waals surface area contributed by atoms with Crippen molar-refractivity contribution in [1.82, 2.24) is 15.2 Å². The van der Waals surface area contributed by atoms with E-state index in [1.165, 1.54) is 4.90 Å². The fourth-order valence-electron chi connectivity index (χ4n) is 3.81. The molecule has 6 heteroatoms. The van der Waals surface area contributed by atoms with Crippen molar-refractivity contribution in [3.8, 4) is 16.9 Å². The van der Waals surface area contributed by atoms with Gasteiger partial charge in [0.15, 0.2) is 0 Å². The van der Waals surface area contributed by atoms with Crippen molar-refractivity contribution < 1.29 is 14.6 Å². The fourth-order valence-corrected chi connectivity index (χ4v) is 3.81. The fraction of sp³-hybridized carbons (Fsp3) is 0.455. The minimum atomic E-state index is -0.844. The van der Waals surface area contributed by atoms with Gasteiger partial charge in [0.1, 0.15) is 5.75 Å². The van der Waals surface area contributed by atoms with Crippen LogP contribution in [0.2, 0.25) is 0 Å². The first kappa shape index (κ1) is 20.1. The number of methoxy groups -OCH3 is 1. The molecule has 1 aromatic heterocycles. The lowest BCUT2D eigenvalue weighted by atomic mass is 9.90. The molecule has 1 aliphatic rings. The maximum absolute atomic E-state index is 11.1. The third-order valence-electron chi connectivity index (χ3n) is 5.65. The van der Waals surface area contributed by atoms with Crippen LogP contribution in [0.3, 0.4) is 0 Å². The second-order valence-electron chi connectivity index (χ2n) is 7.49. The molecule has 2 N–H and O–H groups in total. The summed E-state index contributed by atoms with van der Waals surface area (Å²) in [5.74, 6) is 0.871. The van der Waals surface area contributed by atoms with E-state index in [4.69, 9.17) is 9.84 Å². The van der Waals surface area contributed by atoms with Crippen LogP contribution in [0.1, 0.15) is 36.9 Å².